The van der Waals surface area contributed by atoms with E-state index in [1.54, 1.807) is 71.3 Å². The van der Waals surface area contributed by atoms with E-state index < -0.39 is 22.9 Å². The van der Waals surface area contributed by atoms with Crippen LogP contribution >= 0.6 is 35.1 Å². The Kier molecular flexibility index (Phi) is 9.77. The van der Waals surface area contributed by atoms with Crippen LogP contribution in [0.4, 0.5) is 21.5 Å². The van der Waals surface area contributed by atoms with E-state index in [2.05, 4.69) is 10.6 Å². The molecule has 0 fully saturated rings. The highest BCUT2D eigenvalue weighted by atomic mass is 35.5. The molecule has 0 spiro atoms. The molecule has 1 aliphatic rings. The summed E-state index contributed by atoms with van der Waals surface area (Å²) in [6.07, 6.45) is 1.21. The van der Waals surface area contributed by atoms with Crippen LogP contribution in [0.25, 0.3) is 6.08 Å². The highest BCUT2D eigenvalue weighted by Gasteiger charge is 2.31. The van der Waals surface area contributed by atoms with Crippen molar-refractivity contribution >= 4 is 76.0 Å². The second kappa shape index (κ2) is 14.3. The third kappa shape index (κ3) is 7.28. The van der Waals surface area contributed by atoms with Gasteiger partial charge < -0.3 is 10.6 Å². The number of carbonyl (C=O) groups is 3. The first kappa shape index (κ1) is 32.1. The van der Waals surface area contributed by atoms with Crippen LogP contribution in [0.3, 0.4) is 0 Å². The van der Waals surface area contributed by atoms with Crippen molar-refractivity contribution in [3.8, 4) is 0 Å². The molecule has 6 rings (SSSR count). The maximum atomic E-state index is 14.6. The van der Waals surface area contributed by atoms with Gasteiger partial charge in [0.15, 0.2) is 0 Å². The Labute approximate surface area is 285 Å². The minimum Gasteiger partial charge on any atom is -0.321 e. The van der Waals surface area contributed by atoms with Gasteiger partial charge in [0, 0.05) is 31.5 Å². The van der Waals surface area contributed by atoms with Crippen molar-refractivity contribution in [3.63, 3.8) is 0 Å². The van der Waals surface area contributed by atoms with E-state index in [9.17, 15) is 18.8 Å². The zero-order valence-electron chi connectivity index (χ0n) is 24.9. The fourth-order valence-electron chi connectivity index (χ4n) is 4.93. The molecule has 5 aromatic rings. The van der Waals surface area contributed by atoms with E-state index in [4.69, 9.17) is 11.6 Å². The van der Waals surface area contributed by atoms with Crippen LogP contribution in [0.1, 0.15) is 22.8 Å². The van der Waals surface area contributed by atoms with Gasteiger partial charge in [0.25, 0.3) is 11.8 Å². The molecule has 47 heavy (non-hydrogen) atoms. The zero-order chi connectivity index (χ0) is 32.9. The van der Waals surface area contributed by atoms with Gasteiger partial charge >= 0.3 is 0 Å². The predicted molar refractivity (Wildman–Crippen MR) is 188 cm³/mol. The van der Waals surface area contributed by atoms with Crippen molar-refractivity contribution in [2.75, 3.05) is 10.2 Å². The number of halogens is 2. The zero-order valence-corrected chi connectivity index (χ0v) is 27.3. The monoisotopic (exact) mass is 679 g/mol. The van der Waals surface area contributed by atoms with Gasteiger partial charge in [-0.15, -0.1) is 11.8 Å². The van der Waals surface area contributed by atoms with Gasteiger partial charge in [-0.25, -0.2) is 4.39 Å². The highest BCUT2D eigenvalue weighted by Crippen LogP contribution is 2.48. The number of amides is 3. The van der Waals surface area contributed by atoms with E-state index in [1.165, 1.54) is 36.0 Å². The fourth-order valence-corrected chi connectivity index (χ4v) is 7.11. The van der Waals surface area contributed by atoms with Crippen molar-refractivity contribution in [1.29, 1.82) is 0 Å². The summed E-state index contributed by atoms with van der Waals surface area (Å²) in [6, 6.07) is 35.3. The second-order valence-electron chi connectivity index (χ2n) is 10.5. The molecule has 2 N–H and O–H groups in total. The van der Waals surface area contributed by atoms with Crippen molar-refractivity contribution < 1.29 is 18.8 Å². The molecule has 6 nitrogen and oxygen atoms in total. The van der Waals surface area contributed by atoms with Crippen molar-refractivity contribution in [2.24, 2.45) is 0 Å². The molecule has 1 unspecified atom stereocenters. The van der Waals surface area contributed by atoms with Gasteiger partial charge in [-0.3, -0.25) is 19.3 Å². The Morgan fingerprint density at radius 2 is 1.43 bits per heavy atom. The van der Waals surface area contributed by atoms with Crippen molar-refractivity contribution in [1.82, 2.24) is 5.32 Å². The molecule has 0 aromatic heterocycles. The first-order valence-corrected chi connectivity index (χ1v) is 16.7. The number of hydrogen-bond acceptors (Lipinski definition) is 5. The topological polar surface area (TPSA) is 78.5 Å². The average molecular weight is 680 g/mol. The van der Waals surface area contributed by atoms with E-state index in [0.29, 0.717) is 11.3 Å². The van der Waals surface area contributed by atoms with Gasteiger partial charge in [0.2, 0.25) is 5.91 Å². The number of thioether (sulfide) groups is 1. The third-order valence-electron chi connectivity index (χ3n) is 7.24. The Morgan fingerprint density at radius 1 is 0.809 bits per heavy atom. The van der Waals surface area contributed by atoms with E-state index in [1.807, 2.05) is 55.5 Å². The molecule has 0 bridgehead atoms. The standard InChI is InChI=1S/C37H27ClFN3O3S2/c1-23(37(45)42-31-14-5-7-16-33(31)47-34-17-8-6-15-32(34)42)46-26-20-18-25(19-21-26)40-36(44)30(22-27-28(38)12-9-13-29(27)39)41-35(43)24-10-3-2-4-11-24/h2-23H,1H3,(H,40,44)(H,41,43)/b30-22-. The number of para-hydroxylation sites is 2. The fraction of sp³-hybridized carbons (Fsp3) is 0.0541. The predicted octanol–water partition coefficient (Wildman–Crippen LogP) is 9.20. The minimum atomic E-state index is -0.669. The molecular formula is C37H27ClFN3O3S2. The smallest absolute Gasteiger partial charge is 0.272 e. The molecule has 0 radical (unpaired) electrons. The molecule has 1 aliphatic heterocycles. The van der Waals surface area contributed by atoms with Gasteiger partial charge in [0.05, 0.1) is 21.6 Å². The molecule has 3 amide bonds. The lowest BCUT2D eigenvalue weighted by atomic mass is 10.1. The first-order valence-electron chi connectivity index (χ1n) is 14.6. The summed E-state index contributed by atoms with van der Waals surface area (Å²) in [5.41, 5.74) is 2.25. The quantitative estimate of drug-likeness (QED) is 0.126. The third-order valence-corrected chi connectivity index (χ3v) is 9.80. The lowest BCUT2D eigenvalue weighted by molar-refractivity contribution is -0.117. The lowest BCUT2D eigenvalue weighted by Crippen LogP contribution is -2.34. The maximum absolute atomic E-state index is 14.6. The Balaban J connectivity index is 1.18. The number of nitrogens with zero attached hydrogens (tertiary/aromatic N) is 1. The summed E-state index contributed by atoms with van der Waals surface area (Å²) in [6.45, 7) is 1.87. The van der Waals surface area contributed by atoms with Gasteiger partial charge in [-0.05, 0) is 85.8 Å². The summed E-state index contributed by atoms with van der Waals surface area (Å²) in [5.74, 6) is -1.90. The largest absolute Gasteiger partial charge is 0.321 e. The Bertz CT molecular complexity index is 1940. The maximum Gasteiger partial charge on any atom is 0.272 e. The molecule has 0 saturated carbocycles. The molecule has 1 heterocycles. The van der Waals surface area contributed by atoms with Crippen molar-refractivity contribution in [2.45, 2.75) is 26.9 Å². The molecule has 10 heteroatoms. The second-order valence-corrected chi connectivity index (χ2v) is 13.4. The molecule has 5 aromatic carbocycles. The van der Waals surface area contributed by atoms with Crippen LogP contribution < -0.4 is 15.5 Å². The number of rotatable bonds is 8. The van der Waals surface area contributed by atoms with Crippen LogP contribution in [-0.4, -0.2) is 23.0 Å². The Hall–Kier alpha value is -4.83. The number of benzene rings is 5. The SMILES string of the molecule is CC(Sc1ccc(NC(=O)/C(=C/c2c(F)cccc2Cl)NC(=O)c2ccccc2)cc1)C(=O)N1c2ccccc2Sc2ccccc21. The van der Waals surface area contributed by atoms with E-state index in [-0.39, 0.29) is 22.2 Å². The van der Waals surface area contributed by atoms with Crippen LogP contribution in [0.15, 0.2) is 142 Å². The van der Waals surface area contributed by atoms with Crippen molar-refractivity contribution in [3.05, 3.63) is 149 Å². The van der Waals surface area contributed by atoms with Crippen LogP contribution in [0.2, 0.25) is 5.02 Å². The number of hydrogen-bond donors (Lipinski definition) is 2. The highest BCUT2D eigenvalue weighted by molar-refractivity contribution is 8.00. The van der Waals surface area contributed by atoms with Gasteiger partial charge in [-0.1, -0.05) is 71.9 Å². The summed E-state index contributed by atoms with van der Waals surface area (Å²) >= 11 is 9.26. The Morgan fingerprint density at radius 3 is 2.06 bits per heavy atom. The average Bonchev–Trinajstić information content (AvgIpc) is 3.09. The number of carbonyl (C=O) groups excluding carboxylic acids is 3. The van der Waals surface area contributed by atoms with Gasteiger partial charge in [0.1, 0.15) is 11.5 Å². The van der Waals surface area contributed by atoms with E-state index >= 15 is 0 Å². The molecule has 1 atom stereocenters. The number of anilines is 3. The van der Waals surface area contributed by atoms with Crippen LogP contribution in [-0.2, 0) is 9.59 Å². The molecule has 0 saturated heterocycles. The van der Waals surface area contributed by atoms with Gasteiger partial charge in [-0.2, -0.15) is 0 Å². The van der Waals surface area contributed by atoms with Crippen LogP contribution in [0, 0.1) is 5.82 Å². The first-order chi connectivity index (χ1) is 22.8. The summed E-state index contributed by atoms with van der Waals surface area (Å²) in [4.78, 5) is 44.9. The number of nitrogens with one attached hydrogen (secondary N) is 2. The molecule has 0 aliphatic carbocycles. The minimum absolute atomic E-state index is 0.0318. The summed E-state index contributed by atoms with van der Waals surface area (Å²) in [5, 5.41) is 5.01. The van der Waals surface area contributed by atoms with Crippen LogP contribution in [0.5, 0.6) is 0 Å². The molecular weight excluding hydrogens is 653 g/mol. The summed E-state index contributed by atoms with van der Waals surface area (Å²) < 4.78 is 14.6. The van der Waals surface area contributed by atoms with E-state index in [0.717, 1.165) is 26.1 Å². The molecule has 234 valence electrons. The lowest BCUT2D eigenvalue weighted by Gasteiger charge is -2.32. The normalized spacial score (nSPS) is 12.8. The number of fused-ring (bicyclic) bond motifs is 2. The summed E-state index contributed by atoms with van der Waals surface area (Å²) in [7, 11) is 0.